The molecule has 2 aromatic heterocycles. The van der Waals surface area contributed by atoms with Crippen LogP contribution in [0.5, 0.6) is 11.6 Å². The summed E-state index contributed by atoms with van der Waals surface area (Å²) in [6.07, 6.45) is 5.98. The van der Waals surface area contributed by atoms with Crippen molar-refractivity contribution in [3.05, 3.63) is 110 Å². The van der Waals surface area contributed by atoms with Gasteiger partial charge in [0.1, 0.15) is 17.9 Å². The minimum Gasteiger partial charge on any atom is -0.439 e. The molecule has 0 saturated carbocycles. The Hall–Kier alpha value is -4.91. The Morgan fingerprint density at radius 2 is 1.86 bits per heavy atom. The van der Waals surface area contributed by atoms with Gasteiger partial charge in [-0.15, -0.1) is 0 Å². The third-order valence-electron chi connectivity index (χ3n) is 5.34. The van der Waals surface area contributed by atoms with Crippen LogP contribution < -0.4 is 10.1 Å². The molecule has 6 nitrogen and oxygen atoms in total. The van der Waals surface area contributed by atoms with Gasteiger partial charge in [0.15, 0.2) is 0 Å². The molecule has 5 rings (SSSR count). The van der Waals surface area contributed by atoms with Gasteiger partial charge in [0.25, 0.3) is 0 Å². The van der Waals surface area contributed by atoms with Gasteiger partial charge in [0.05, 0.1) is 5.52 Å². The SMILES string of the molecule is C=CC(=O)Nc1cccc(-c2cc(-c3ccc(Oc4ccccn4)cc3F)cc3cncnc23)c1. The fraction of sp³-hybridized carbons (Fsp3) is 0. The molecule has 7 heteroatoms. The van der Waals surface area contributed by atoms with Gasteiger partial charge in [0, 0.05) is 46.7 Å². The van der Waals surface area contributed by atoms with Gasteiger partial charge in [-0.25, -0.2) is 19.3 Å². The van der Waals surface area contributed by atoms with E-state index in [0.717, 1.165) is 16.5 Å². The number of hydrogen-bond acceptors (Lipinski definition) is 5. The smallest absolute Gasteiger partial charge is 0.247 e. The van der Waals surface area contributed by atoms with E-state index >= 15 is 4.39 Å². The topological polar surface area (TPSA) is 77.0 Å². The second-order valence-electron chi connectivity index (χ2n) is 7.67. The Morgan fingerprint density at radius 3 is 2.66 bits per heavy atom. The lowest BCUT2D eigenvalue weighted by Gasteiger charge is -2.13. The molecule has 35 heavy (non-hydrogen) atoms. The number of nitrogens with one attached hydrogen (secondary N) is 1. The van der Waals surface area contributed by atoms with Crippen molar-refractivity contribution in [2.24, 2.45) is 0 Å². The number of amides is 1. The Labute approximate surface area is 200 Å². The number of carbonyl (C=O) groups is 1. The second-order valence-corrected chi connectivity index (χ2v) is 7.67. The van der Waals surface area contributed by atoms with Gasteiger partial charge in [-0.05, 0) is 59.7 Å². The predicted octanol–water partition coefficient (Wildman–Crippen LogP) is 6.41. The Balaban J connectivity index is 1.57. The van der Waals surface area contributed by atoms with Gasteiger partial charge in [0.2, 0.25) is 11.8 Å². The summed E-state index contributed by atoms with van der Waals surface area (Å²) in [5.74, 6) is -0.0149. The molecule has 0 fully saturated rings. The summed E-state index contributed by atoms with van der Waals surface area (Å²) in [5, 5.41) is 3.52. The fourth-order valence-electron chi connectivity index (χ4n) is 3.76. The monoisotopic (exact) mass is 462 g/mol. The number of ether oxygens (including phenoxy) is 1. The lowest BCUT2D eigenvalue weighted by molar-refractivity contribution is -0.111. The lowest BCUT2D eigenvalue weighted by Crippen LogP contribution is -2.07. The van der Waals surface area contributed by atoms with Gasteiger partial charge in [-0.1, -0.05) is 24.8 Å². The first-order valence-corrected chi connectivity index (χ1v) is 10.8. The highest BCUT2D eigenvalue weighted by Crippen LogP contribution is 2.36. The van der Waals surface area contributed by atoms with Gasteiger partial charge >= 0.3 is 0 Å². The number of halogens is 1. The van der Waals surface area contributed by atoms with Crippen LogP contribution in [-0.4, -0.2) is 20.9 Å². The quantitative estimate of drug-likeness (QED) is 0.295. The standard InChI is InChI=1S/C28H19FN4O2/c1-2-26(34)33-21-7-5-6-18(13-21)24-14-19(12-20-16-30-17-32-28(20)24)23-10-9-22(15-25(23)29)35-27-8-3-4-11-31-27/h2-17H,1H2,(H,33,34). The lowest BCUT2D eigenvalue weighted by atomic mass is 9.95. The number of hydrogen-bond donors (Lipinski definition) is 1. The number of aromatic nitrogens is 3. The first kappa shape index (κ1) is 21.9. The third-order valence-corrected chi connectivity index (χ3v) is 5.34. The number of carbonyl (C=O) groups excluding carboxylic acids is 1. The normalized spacial score (nSPS) is 10.7. The van der Waals surface area contributed by atoms with E-state index in [1.165, 1.54) is 18.5 Å². The largest absolute Gasteiger partial charge is 0.439 e. The molecular weight excluding hydrogens is 443 g/mol. The summed E-state index contributed by atoms with van der Waals surface area (Å²) in [4.78, 5) is 24.4. The molecule has 0 aliphatic heterocycles. The predicted molar refractivity (Wildman–Crippen MR) is 134 cm³/mol. The molecule has 0 atom stereocenters. The molecule has 0 bridgehead atoms. The molecule has 0 saturated heterocycles. The molecule has 0 radical (unpaired) electrons. The molecule has 2 heterocycles. The minimum atomic E-state index is -0.437. The number of fused-ring (bicyclic) bond motifs is 1. The van der Waals surface area contributed by atoms with Crippen molar-refractivity contribution in [2.45, 2.75) is 0 Å². The van der Waals surface area contributed by atoms with Crippen molar-refractivity contribution in [3.8, 4) is 33.9 Å². The van der Waals surface area contributed by atoms with E-state index in [-0.39, 0.29) is 5.91 Å². The van der Waals surface area contributed by atoms with Crippen LogP contribution in [0.1, 0.15) is 0 Å². The summed E-state index contributed by atoms with van der Waals surface area (Å²) in [6, 6.07) is 21.1. The fourth-order valence-corrected chi connectivity index (χ4v) is 3.76. The molecular formula is C28H19FN4O2. The molecule has 0 unspecified atom stereocenters. The van der Waals surface area contributed by atoms with E-state index < -0.39 is 5.82 Å². The number of pyridine rings is 1. The third kappa shape index (κ3) is 4.74. The van der Waals surface area contributed by atoms with E-state index in [1.54, 1.807) is 48.8 Å². The summed E-state index contributed by atoms with van der Waals surface area (Å²) in [6.45, 7) is 3.48. The van der Waals surface area contributed by atoms with Crippen molar-refractivity contribution in [1.82, 2.24) is 15.0 Å². The summed E-state index contributed by atoms with van der Waals surface area (Å²) < 4.78 is 20.9. The van der Waals surface area contributed by atoms with Crippen molar-refractivity contribution in [1.29, 1.82) is 0 Å². The maximum Gasteiger partial charge on any atom is 0.247 e. The van der Waals surface area contributed by atoms with Crippen LogP contribution in [-0.2, 0) is 4.79 Å². The molecule has 5 aromatic rings. The first-order chi connectivity index (χ1) is 17.1. The highest BCUT2D eigenvalue weighted by atomic mass is 19.1. The number of benzene rings is 3. The highest BCUT2D eigenvalue weighted by Gasteiger charge is 2.14. The Bertz CT molecular complexity index is 1550. The average Bonchev–Trinajstić information content (AvgIpc) is 2.89. The second kappa shape index (κ2) is 9.52. The van der Waals surface area contributed by atoms with Gasteiger partial charge < -0.3 is 10.1 Å². The van der Waals surface area contributed by atoms with Crippen LogP contribution in [0.15, 0.2) is 104 Å². The number of rotatable bonds is 6. The van der Waals surface area contributed by atoms with Crippen molar-refractivity contribution >= 4 is 22.5 Å². The summed E-state index contributed by atoms with van der Waals surface area (Å²) in [5.41, 5.74) is 3.98. The van der Waals surface area contributed by atoms with Crippen LogP contribution in [0.25, 0.3) is 33.2 Å². The van der Waals surface area contributed by atoms with E-state index in [0.29, 0.717) is 34.0 Å². The molecule has 0 spiro atoms. The Morgan fingerprint density at radius 1 is 0.943 bits per heavy atom. The molecule has 0 aliphatic carbocycles. The van der Waals surface area contributed by atoms with E-state index in [2.05, 4.69) is 26.8 Å². The van der Waals surface area contributed by atoms with E-state index in [9.17, 15) is 4.79 Å². The average molecular weight is 462 g/mol. The minimum absolute atomic E-state index is 0.307. The van der Waals surface area contributed by atoms with Crippen LogP contribution in [0.3, 0.4) is 0 Å². The number of anilines is 1. The molecule has 170 valence electrons. The van der Waals surface area contributed by atoms with Crippen molar-refractivity contribution in [3.63, 3.8) is 0 Å². The summed E-state index contributed by atoms with van der Waals surface area (Å²) >= 11 is 0. The molecule has 1 N–H and O–H groups in total. The van der Waals surface area contributed by atoms with Crippen LogP contribution in [0.4, 0.5) is 10.1 Å². The first-order valence-electron chi connectivity index (χ1n) is 10.8. The highest BCUT2D eigenvalue weighted by molar-refractivity contribution is 6.01. The molecule has 3 aromatic carbocycles. The molecule has 1 amide bonds. The van der Waals surface area contributed by atoms with E-state index in [4.69, 9.17) is 4.74 Å². The van der Waals surface area contributed by atoms with Crippen LogP contribution >= 0.6 is 0 Å². The van der Waals surface area contributed by atoms with Gasteiger partial charge in [-0.3, -0.25) is 4.79 Å². The van der Waals surface area contributed by atoms with Crippen LogP contribution in [0.2, 0.25) is 0 Å². The zero-order valence-electron chi connectivity index (χ0n) is 18.5. The summed E-state index contributed by atoms with van der Waals surface area (Å²) in [7, 11) is 0. The number of nitrogens with zero attached hydrogens (tertiary/aromatic N) is 3. The van der Waals surface area contributed by atoms with Gasteiger partial charge in [-0.2, -0.15) is 0 Å². The zero-order chi connectivity index (χ0) is 24.2. The molecule has 0 aliphatic rings. The van der Waals surface area contributed by atoms with Crippen molar-refractivity contribution < 1.29 is 13.9 Å². The van der Waals surface area contributed by atoms with Crippen molar-refractivity contribution in [2.75, 3.05) is 5.32 Å². The van der Waals surface area contributed by atoms with E-state index in [1.807, 2.05) is 30.3 Å². The maximum atomic E-state index is 15.2. The Kier molecular flexibility index (Phi) is 5.96. The maximum absolute atomic E-state index is 15.2. The zero-order valence-corrected chi connectivity index (χ0v) is 18.5. The van der Waals surface area contributed by atoms with Crippen LogP contribution in [0, 0.1) is 5.82 Å².